The second-order valence-electron chi connectivity index (χ2n) is 3.67. The van der Waals surface area contributed by atoms with Crippen molar-refractivity contribution in [3.8, 4) is 0 Å². The summed E-state index contributed by atoms with van der Waals surface area (Å²) in [4.78, 5) is 15.6. The number of nitrogens with zero attached hydrogens (tertiary/aromatic N) is 2. The summed E-state index contributed by atoms with van der Waals surface area (Å²) in [7, 11) is 0. The summed E-state index contributed by atoms with van der Waals surface area (Å²) in [6, 6.07) is 5.56. The number of aldehydes is 1. The van der Waals surface area contributed by atoms with Gasteiger partial charge in [-0.15, -0.1) is 0 Å². The van der Waals surface area contributed by atoms with Gasteiger partial charge < -0.3 is 9.47 Å². The van der Waals surface area contributed by atoms with Crippen molar-refractivity contribution < 1.29 is 14.3 Å². The van der Waals surface area contributed by atoms with Crippen LogP contribution in [0.1, 0.15) is 36.3 Å². The van der Waals surface area contributed by atoms with Crippen molar-refractivity contribution in [2.24, 2.45) is 0 Å². The third-order valence-electron chi connectivity index (χ3n) is 2.57. The van der Waals surface area contributed by atoms with E-state index in [0.29, 0.717) is 30.2 Å². The van der Waals surface area contributed by atoms with E-state index in [4.69, 9.17) is 9.47 Å². The molecule has 5 nitrogen and oxygen atoms in total. The highest BCUT2D eigenvalue weighted by atomic mass is 16.7. The molecule has 2 rings (SSSR count). The van der Waals surface area contributed by atoms with Gasteiger partial charge in [-0.3, -0.25) is 9.20 Å². The number of hydrogen-bond donors (Lipinski definition) is 0. The Kier molecular flexibility index (Phi) is 4.07. The molecule has 0 aliphatic carbocycles. The lowest BCUT2D eigenvalue weighted by Crippen LogP contribution is -2.11. The van der Waals surface area contributed by atoms with E-state index in [0.717, 1.165) is 6.29 Å². The lowest BCUT2D eigenvalue weighted by Gasteiger charge is -2.15. The van der Waals surface area contributed by atoms with Crippen molar-refractivity contribution in [1.82, 2.24) is 9.38 Å². The number of imidazole rings is 1. The van der Waals surface area contributed by atoms with Gasteiger partial charge in [0.15, 0.2) is 6.29 Å². The Bertz CT molecular complexity index is 530. The molecule has 96 valence electrons. The molecule has 0 saturated heterocycles. The molecule has 2 heterocycles. The maximum Gasteiger partial charge on any atom is 0.203 e. The summed E-state index contributed by atoms with van der Waals surface area (Å²) in [5.41, 5.74) is 1.71. The minimum Gasteiger partial charge on any atom is -0.347 e. The van der Waals surface area contributed by atoms with Gasteiger partial charge in [0.2, 0.25) is 6.29 Å². The predicted octanol–water partition coefficient (Wildman–Crippen LogP) is 2.22. The smallest absolute Gasteiger partial charge is 0.203 e. The van der Waals surface area contributed by atoms with Gasteiger partial charge in [0.1, 0.15) is 17.0 Å². The van der Waals surface area contributed by atoms with Crippen LogP contribution in [0.3, 0.4) is 0 Å². The van der Waals surface area contributed by atoms with Crippen LogP contribution in [0.15, 0.2) is 24.4 Å². The molecule has 0 unspecified atom stereocenters. The van der Waals surface area contributed by atoms with Gasteiger partial charge in [0.25, 0.3) is 0 Å². The highest BCUT2D eigenvalue weighted by Gasteiger charge is 2.21. The third kappa shape index (κ3) is 2.27. The summed E-state index contributed by atoms with van der Waals surface area (Å²) in [5.74, 6) is 0. The van der Waals surface area contributed by atoms with E-state index in [2.05, 4.69) is 4.98 Å². The predicted molar refractivity (Wildman–Crippen MR) is 66.6 cm³/mol. The zero-order chi connectivity index (χ0) is 13.0. The van der Waals surface area contributed by atoms with E-state index in [1.807, 2.05) is 32.0 Å². The molecule has 0 saturated carbocycles. The van der Waals surface area contributed by atoms with Gasteiger partial charge in [0, 0.05) is 19.4 Å². The van der Waals surface area contributed by atoms with Gasteiger partial charge in [-0.05, 0) is 26.0 Å². The molecular formula is C13H16N2O3. The van der Waals surface area contributed by atoms with Crippen molar-refractivity contribution in [2.75, 3.05) is 13.2 Å². The summed E-state index contributed by atoms with van der Waals surface area (Å²) >= 11 is 0. The van der Waals surface area contributed by atoms with Crippen molar-refractivity contribution in [1.29, 1.82) is 0 Å². The first kappa shape index (κ1) is 12.7. The third-order valence-corrected chi connectivity index (χ3v) is 2.57. The molecule has 0 atom stereocenters. The Balaban J connectivity index is 2.50. The van der Waals surface area contributed by atoms with E-state index in [1.165, 1.54) is 0 Å². The number of fused-ring (bicyclic) bond motifs is 1. The topological polar surface area (TPSA) is 52.8 Å². The summed E-state index contributed by atoms with van der Waals surface area (Å²) in [6.07, 6.45) is 1.98. The highest BCUT2D eigenvalue weighted by Crippen LogP contribution is 2.22. The summed E-state index contributed by atoms with van der Waals surface area (Å²) in [5, 5.41) is 0. The van der Waals surface area contributed by atoms with E-state index in [9.17, 15) is 4.79 Å². The molecular weight excluding hydrogens is 232 g/mol. The Hall–Kier alpha value is -1.72. The highest BCUT2D eigenvalue weighted by molar-refractivity contribution is 5.76. The monoisotopic (exact) mass is 248 g/mol. The molecule has 0 spiro atoms. The van der Waals surface area contributed by atoms with Crippen LogP contribution < -0.4 is 0 Å². The average molecular weight is 248 g/mol. The SMILES string of the molecule is CCOC(OCC)c1nc2ccccn2c1C=O. The molecule has 0 bridgehead atoms. The second kappa shape index (κ2) is 5.75. The molecule has 0 fully saturated rings. The number of hydrogen-bond acceptors (Lipinski definition) is 4. The quantitative estimate of drug-likeness (QED) is 0.581. The van der Waals surface area contributed by atoms with Gasteiger partial charge in [-0.25, -0.2) is 4.98 Å². The largest absolute Gasteiger partial charge is 0.347 e. The van der Waals surface area contributed by atoms with Crippen LogP contribution in [0.5, 0.6) is 0 Å². The average Bonchev–Trinajstić information content (AvgIpc) is 2.76. The Morgan fingerprint density at radius 1 is 1.33 bits per heavy atom. The fourth-order valence-corrected chi connectivity index (χ4v) is 1.83. The Labute approximate surface area is 105 Å². The molecule has 5 heteroatoms. The molecule has 0 radical (unpaired) electrons. The maximum absolute atomic E-state index is 11.2. The molecule has 18 heavy (non-hydrogen) atoms. The van der Waals surface area contributed by atoms with Gasteiger partial charge in [-0.2, -0.15) is 0 Å². The minimum atomic E-state index is -0.597. The molecule has 2 aromatic rings. The van der Waals surface area contributed by atoms with E-state index in [-0.39, 0.29) is 0 Å². The minimum absolute atomic E-state index is 0.470. The fraction of sp³-hybridized carbons (Fsp3) is 0.385. The van der Waals surface area contributed by atoms with Crippen LogP contribution in [0, 0.1) is 0 Å². The number of rotatable bonds is 6. The van der Waals surface area contributed by atoms with Crippen LogP contribution in [0.25, 0.3) is 5.65 Å². The van der Waals surface area contributed by atoms with Crippen molar-refractivity contribution in [3.63, 3.8) is 0 Å². The molecule has 0 amide bonds. The van der Waals surface area contributed by atoms with Crippen LogP contribution in [0.2, 0.25) is 0 Å². The number of aromatic nitrogens is 2. The zero-order valence-corrected chi connectivity index (χ0v) is 10.5. The van der Waals surface area contributed by atoms with Crippen LogP contribution in [-0.4, -0.2) is 28.9 Å². The first-order valence-corrected chi connectivity index (χ1v) is 5.97. The van der Waals surface area contributed by atoms with Gasteiger partial charge in [-0.1, -0.05) is 6.07 Å². The molecule has 0 aliphatic rings. The van der Waals surface area contributed by atoms with Crippen molar-refractivity contribution >= 4 is 11.9 Å². The van der Waals surface area contributed by atoms with Crippen molar-refractivity contribution in [2.45, 2.75) is 20.1 Å². The van der Waals surface area contributed by atoms with E-state index >= 15 is 0 Å². The lowest BCUT2D eigenvalue weighted by atomic mass is 10.3. The van der Waals surface area contributed by atoms with Gasteiger partial charge >= 0.3 is 0 Å². The summed E-state index contributed by atoms with van der Waals surface area (Å²) in [6.45, 7) is 4.75. The van der Waals surface area contributed by atoms with Crippen LogP contribution >= 0.6 is 0 Å². The number of ether oxygens (including phenoxy) is 2. The summed E-state index contributed by atoms with van der Waals surface area (Å²) < 4.78 is 12.7. The normalized spacial score (nSPS) is 11.3. The Morgan fingerprint density at radius 2 is 2.06 bits per heavy atom. The molecule has 0 aliphatic heterocycles. The van der Waals surface area contributed by atoms with E-state index in [1.54, 1.807) is 10.6 Å². The molecule has 0 N–H and O–H groups in total. The standard InChI is InChI=1S/C13H16N2O3/c1-3-17-13(18-4-2)12-10(9-16)15-8-6-5-7-11(15)14-12/h5-9,13H,3-4H2,1-2H3. The second-order valence-corrected chi connectivity index (χ2v) is 3.67. The van der Waals surface area contributed by atoms with Crippen LogP contribution in [0.4, 0.5) is 0 Å². The maximum atomic E-state index is 11.2. The van der Waals surface area contributed by atoms with E-state index < -0.39 is 6.29 Å². The van der Waals surface area contributed by atoms with Crippen molar-refractivity contribution in [3.05, 3.63) is 35.8 Å². The number of pyridine rings is 1. The molecule has 2 aromatic heterocycles. The first-order valence-electron chi connectivity index (χ1n) is 5.97. The fourth-order valence-electron chi connectivity index (χ4n) is 1.83. The van der Waals surface area contributed by atoms with Gasteiger partial charge in [0.05, 0.1) is 0 Å². The zero-order valence-electron chi connectivity index (χ0n) is 10.5. The van der Waals surface area contributed by atoms with Crippen LogP contribution in [-0.2, 0) is 9.47 Å². The lowest BCUT2D eigenvalue weighted by molar-refractivity contribution is -0.142. The first-order chi connectivity index (χ1) is 8.81. The Morgan fingerprint density at radius 3 is 2.67 bits per heavy atom. The molecule has 0 aromatic carbocycles. The number of carbonyl (C=O) groups is 1. The number of carbonyl (C=O) groups excluding carboxylic acids is 1.